The number of hydrogen-bond donors (Lipinski definition) is 1. The SMILES string of the molecule is Cc1cc(C(C)Nc2ccc3nccnc3n2)c(C)s1. The first-order valence-electron chi connectivity index (χ1n) is 6.55. The first-order chi connectivity index (χ1) is 9.63. The van der Waals surface area contributed by atoms with Gasteiger partial charge in [0.05, 0.1) is 6.04 Å². The smallest absolute Gasteiger partial charge is 0.180 e. The molecule has 20 heavy (non-hydrogen) atoms. The van der Waals surface area contributed by atoms with Gasteiger partial charge in [-0.15, -0.1) is 11.3 Å². The van der Waals surface area contributed by atoms with Crippen LogP contribution in [0.5, 0.6) is 0 Å². The Bertz CT molecular complexity index is 750. The van der Waals surface area contributed by atoms with Crippen molar-refractivity contribution in [1.82, 2.24) is 15.0 Å². The van der Waals surface area contributed by atoms with E-state index in [0.29, 0.717) is 5.65 Å². The maximum absolute atomic E-state index is 4.50. The zero-order valence-corrected chi connectivity index (χ0v) is 12.5. The summed E-state index contributed by atoms with van der Waals surface area (Å²) in [6, 6.07) is 6.35. The molecular formula is C15H16N4S. The minimum atomic E-state index is 0.224. The van der Waals surface area contributed by atoms with Gasteiger partial charge in [0, 0.05) is 22.1 Å². The van der Waals surface area contributed by atoms with E-state index in [4.69, 9.17) is 0 Å². The Morgan fingerprint density at radius 1 is 1.15 bits per heavy atom. The molecule has 3 aromatic heterocycles. The van der Waals surface area contributed by atoms with Crippen molar-refractivity contribution in [2.75, 3.05) is 5.32 Å². The van der Waals surface area contributed by atoms with Gasteiger partial charge in [0.1, 0.15) is 11.3 Å². The average molecular weight is 284 g/mol. The number of rotatable bonds is 3. The van der Waals surface area contributed by atoms with Crippen molar-refractivity contribution >= 4 is 28.3 Å². The van der Waals surface area contributed by atoms with Crippen molar-refractivity contribution in [2.45, 2.75) is 26.8 Å². The molecule has 0 aliphatic carbocycles. The summed E-state index contributed by atoms with van der Waals surface area (Å²) in [5.74, 6) is 0.828. The zero-order chi connectivity index (χ0) is 14.1. The number of thiophene rings is 1. The lowest BCUT2D eigenvalue weighted by Crippen LogP contribution is -2.08. The van der Waals surface area contributed by atoms with Crippen molar-refractivity contribution in [3.63, 3.8) is 0 Å². The number of aromatic nitrogens is 3. The van der Waals surface area contributed by atoms with E-state index in [1.165, 1.54) is 15.3 Å². The van der Waals surface area contributed by atoms with Gasteiger partial charge >= 0.3 is 0 Å². The highest BCUT2D eigenvalue weighted by molar-refractivity contribution is 7.12. The van der Waals surface area contributed by atoms with E-state index in [1.807, 2.05) is 23.5 Å². The largest absolute Gasteiger partial charge is 0.363 e. The van der Waals surface area contributed by atoms with Crippen LogP contribution in [0, 0.1) is 13.8 Å². The molecule has 0 radical (unpaired) electrons. The monoisotopic (exact) mass is 284 g/mol. The summed E-state index contributed by atoms with van der Waals surface area (Å²) >= 11 is 1.83. The van der Waals surface area contributed by atoms with Crippen LogP contribution in [-0.2, 0) is 0 Å². The van der Waals surface area contributed by atoms with Gasteiger partial charge in [0.2, 0.25) is 0 Å². The van der Waals surface area contributed by atoms with E-state index in [2.05, 4.69) is 47.1 Å². The van der Waals surface area contributed by atoms with Gasteiger partial charge in [-0.1, -0.05) is 0 Å². The van der Waals surface area contributed by atoms with Gasteiger partial charge in [-0.05, 0) is 44.5 Å². The second kappa shape index (κ2) is 5.17. The molecule has 5 heteroatoms. The lowest BCUT2D eigenvalue weighted by molar-refractivity contribution is 0.873. The molecular weight excluding hydrogens is 268 g/mol. The molecule has 1 atom stereocenters. The molecule has 0 bridgehead atoms. The zero-order valence-electron chi connectivity index (χ0n) is 11.7. The van der Waals surface area contributed by atoms with Crippen LogP contribution in [0.1, 0.15) is 28.3 Å². The van der Waals surface area contributed by atoms with Gasteiger partial charge in [-0.3, -0.25) is 4.98 Å². The highest BCUT2D eigenvalue weighted by Gasteiger charge is 2.12. The first kappa shape index (κ1) is 13.0. The van der Waals surface area contributed by atoms with Crippen LogP contribution in [-0.4, -0.2) is 15.0 Å². The van der Waals surface area contributed by atoms with Gasteiger partial charge in [0.15, 0.2) is 5.65 Å². The average Bonchev–Trinajstić information content (AvgIpc) is 2.78. The van der Waals surface area contributed by atoms with E-state index >= 15 is 0 Å². The Balaban J connectivity index is 1.87. The Morgan fingerprint density at radius 2 is 1.95 bits per heavy atom. The minimum absolute atomic E-state index is 0.224. The maximum atomic E-state index is 4.50. The highest BCUT2D eigenvalue weighted by atomic mass is 32.1. The van der Waals surface area contributed by atoms with Gasteiger partial charge in [-0.25, -0.2) is 9.97 Å². The fourth-order valence-corrected chi connectivity index (χ4v) is 3.34. The third-order valence-electron chi connectivity index (χ3n) is 3.24. The van der Waals surface area contributed by atoms with Crippen molar-refractivity contribution in [3.8, 4) is 0 Å². The third kappa shape index (κ3) is 2.49. The standard InChI is InChI=1S/C15H16N4S/c1-9-8-12(11(3)20-9)10(2)18-14-5-4-13-15(19-14)17-7-6-16-13/h4-8,10H,1-3H3,(H,17,18,19). The number of nitrogens with one attached hydrogen (secondary N) is 1. The lowest BCUT2D eigenvalue weighted by atomic mass is 10.1. The normalized spacial score (nSPS) is 12.6. The molecule has 3 rings (SSSR count). The van der Waals surface area contributed by atoms with E-state index < -0.39 is 0 Å². The number of hydrogen-bond acceptors (Lipinski definition) is 5. The third-order valence-corrected chi connectivity index (χ3v) is 4.22. The number of anilines is 1. The summed E-state index contributed by atoms with van der Waals surface area (Å²) in [6.45, 7) is 6.44. The van der Waals surface area contributed by atoms with E-state index in [0.717, 1.165) is 11.3 Å². The number of aryl methyl sites for hydroxylation is 2. The second-order valence-corrected chi connectivity index (χ2v) is 6.29. The lowest BCUT2D eigenvalue weighted by Gasteiger charge is -2.14. The number of nitrogens with zero attached hydrogens (tertiary/aromatic N) is 3. The van der Waals surface area contributed by atoms with E-state index in [1.54, 1.807) is 12.4 Å². The van der Waals surface area contributed by atoms with E-state index in [9.17, 15) is 0 Å². The Labute approximate surface area is 121 Å². The molecule has 3 aromatic rings. The summed E-state index contributed by atoms with van der Waals surface area (Å²) in [5, 5.41) is 3.43. The molecule has 0 aromatic carbocycles. The molecule has 102 valence electrons. The fourth-order valence-electron chi connectivity index (χ4n) is 2.31. The molecule has 4 nitrogen and oxygen atoms in total. The molecule has 0 saturated heterocycles. The van der Waals surface area contributed by atoms with Crippen LogP contribution in [0.3, 0.4) is 0 Å². The van der Waals surface area contributed by atoms with Crippen molar-refractivity contribution < 1.29 is 0 Å². The van der Waals surface area contributed by atoms with Gasteiger partial charge < -0.3 is 5.32 Å². The molecule has 0 aliphatic heterocycles. The summed E-state index contributed by atoms with van der Waals surface area (Å²) < 4.78 is 0. The number of fused-ring (bicyclic) bond motifs is 1. The molecule has 0 amide bonds. The Hall–Kier alpha value is -2.01. The predicted octanol–water partition coefficient (Wildman–Crippen LogP) is 3.88. The second-order valence-electron chi connectivity index (χ2n) is 4.83. The Morgan fingerprint density at radius 3 is 2.70 bits per heavy atom. The molecule has 1 N–H and O–H groups in total. The molecule has 1 unspecified atom stereocenters. The first-order valence-corrected chi connectivity index (χ1v) is 7.36. The van der Waals surface area contributed by atoms with Crippen LogP contribution >= 0.6 is 11.3 Å². The van der Waals surface area contributed by atoms with Crippen LogP contribution < -0.4 is 5.32 Å². The maximum Gasteiger partial charge on any atom is 0.180 e. The summed E-state index contributed by atoms with van der Waals surface area (Å²) in [6.07, 6.45) is 3.34. The predicted molar refractivity (Wildman–Crippen MR) is 83.2 cm³/mol. The Kier molecular flexibility index (Phi) is 3.36. The van der Waals surface area contributed by atoms with Crippen molar-refractivity contribution in [2.24, 2.45) is 0 Å². The van der Waals surface area contributed by atoms with Crippen LogP contribution in [0.4, 0.5) is 5.82 Å². The van der Waals surface area contributed by atoms with Gasteiger partial charge in [0.25, 0.3) is 0 Å². The van der Waals surface area contributed by atoms with Gasteiger partial charge in [-0.2, -0.15) is 0 Å². The molecule has 3 heterocycles. The molecule has 0 saturated carbocycles. The quantitative estimate of drug-likeness (QED) is 0.793. The number of pyridine rings is 1. The molecule has 0 spiro atoms. The van der Waals surface area contributed by atoms with Crippen molar-refractivity contribution in [1.29, 1.82) is 0 Å². The van der Waals surface area contributed by atoms with Crippen LogP contribution in [0.2, 0.25) is 0 Å². The summed E-state index contributed by atoms with van der Waals surface area (Å²) in [7, 11) is 0. The van der Waals surface area contributed by atoms with Crippen molar-refractivity contribution in [3.05, 3.63) is 45.9 Å². The summed E-state index contributed by atoms with van der Waals surface area (Å²) in [5.41, 5.74) is 2.81. The van der Waals surface area contributed by atoms with Crippen LogP contribution in [0.15, 0.2) is 30.6 Å². The molecule has 0 aliphatic rings. The van der Waals surface area contributed by atoms with E-state index in [-0.39, 0.29) is 6.04 Å². The molecule has 0 fully saturated rings. The fraction of sp³-hybridized carbons (Fsp3) is 0.267. The van der Waals surface area contributed by atoms with Crippen LogP contribution in [0.25, 0.3) is 11.2 Å². The summed E-state index contributed by atoms with van der Waals surface area (Å²) in [4.78, 5) is 15.6. The highest BCUT2D eigenvalue weighted by Crippen LogP contribution is 2.28. The minimum Gasteiger partial charge on any atom is -0.363 e. The topological polar surface area (TPSA) is 50.7 Å².